The van der Waals surface area contributed by atoms with Gasteiger partial charge in [-0.3, -0.25) is 9.78 Å². The first-order valence-corrected chi connectivity index (χ1v) is 10.9. The van der Waals surface area contributed by atoms with Crippen LogP contribution in [0.5, 0.6) is 0 Å². The molecule has 1 amide bonds. The molecule has 2 aromatic carbocycles. The maximum Gasteiger partial charge on any atom is 0.251 e. The second kappa shape index (κ2) is 9.68. The predicted molar refractivity (Wildman–Crippen MR) is 127 cm³/mol. The highest BCUT2D eigenvalue weighted by Gasteiger charge is 2.15. The molecule has 0 fully saturated rings. The van der Waals surface area contributed by atoms with Gasteiger partial charge in [-0.2, -0.15) is 10.4 Å². The average Bonchev–Trinajstić information content (AvgIpc) is 3.12. The standard InChI is InChI=1S/C26H22ClN5O/c1-17-24(18(2)32(31-17)23-11-10-21(15-28)25(27)14-23)13-19-6-8-20(9-7-19)26(33)30-16-22-5-3-4-12-29-22/h3-12,14H,13,16H2,1-2H3,(H,30,33). The highest BCUT2D eigenvalue weighted by atomic mass is 35.5. The molecule has 2 aromatic heterocycles. The molecule has 0 atom stereocenters. The van der Waals surface area contributed by atoms with E-state index in [1.54, 1.807) is 18.3 Å². The number of pyridine rings is 1. The first-order chi connectivity index (χ1) is 16.0. The van der Waals surface area contributed by atoms with E-state index in [1.165, 1.54) is 0 Å². The number of nitriles is 1. The minimum absolute atomic E-state index is 0.134. The fourth-order valence-electron chi connectivity index (χ4n) is 3.66. The minimum atomic E-state index is -0.134. The maximum atomic E-state index is 12.4. The number of hydrogen-bond acceptors (Lipinski definition) is 4. The van der Waals surface area contributed by atoms with Gasteiger partial charge in [0.1, 0.15) is 6.07 Å². The second-order valence-corrected chi connectivity index (χ2v) is 8.12. The molecule has 6 nitrogen and oxygen atoms in total. The number of nitrogens with zero attached hydrogens (tertiary/aromatic N) is 4. The quantitative estimate of drug-likeness (QED) is 0.446. The molecule has 164 valence electrons. The van der Waals surface area contributed by atoms with Crippen molar-refractivity contribution >= 4 is 17.5 Å². The summed E-state index contributed by atoms with van der Waals surface area (Å²) in [6, 6.07) is 20.6. The second-order valence-electron chi connectivity index (χ2n) is 7.71. The summed E-state index contributed by atoms with van der Waals surface area (Å²) in [5.41, 5.74) is 6.79. The van der Waals surface area contributed by atoms with E-state index in [2.05, 4.69) is 21.5 Å². The number of nitrogens with one attached hydrogen (secondary N) is 1. The molecular weight excluding hydrogens is 434 g/mol. The van der Waals surface area contributed by atoms with Crippen LogP contribution in [0.25, 0.3) is 5.69 Å². The lowest BCUT2D eigenvalue weighted by molar-refractivity contribution is 0.0950. The van der Waals surface area contributed by atoms with Crippen LogP contribution < -0.4 is 5.32 Å². The van der Waals surface area contributed by atoms with Gasteiger partial charge in [-0.25, -0.2) is 4.68 Å². The molecular formula is C26H22ClN5O. The Morgan fingerprint density at radius 3 is 2.58 bits per heavy atom. The third-order valence-electron chi connectivity index (χ3n) is 5.51. The van der Waals surface area contributed by atoms with Crippen molar-refractivity contribution in [2.45, 2.75) is 26.8 Å². The number of halogens is 1. The zero-order chi connectivity index (χ0) is 23.4. The first kappa shape index (κ1) is 22.3. The molecule has 7 heteroatoms. The number of aromatic nitrogens is 3. The van der Waals surface area contributed by atoms with Crippen molar-refractivity contribution in [3.63, 3.8) is 0 Å². The van der Waals surface area contributed by atoms with E-state index in [-0.39, 0.29) is 5.91 Å². The SMILES string of the molecule is Cc1nn(-c2ccc(C#N)c(Cl)c2)c(C)c1Cc1ccc(C(=O)NCc2ccccn2)cc1. The number of amides is 1. The van der Waals surface area contributed by atoms with Gasteiger partial charge in [0.2, 0.25) is 0 Å². The van der Waals surface area contributed by atoms with Crippen LogP contribution in [0.4, 0.5) is 0 Å². The Bertz CT molecular complexity index is 1340. The van der Waals surface area contributed by atoms with E-state index in [0.29, 0.717) is 29.1 Å². The minimum Gasteiger partial charge on any atom is -0.346 e. The van der Waals surface area contributed by atoms with Crippen LogP contribution >= 0.6 is 11.6 Å². The largest absolute Gasteiger partial charge is 0.346 e. The van der Waals surface area contributed by atoms with E-state index in [9.17, 15) is 4.79 Å². The summed E-state index contributed by atoms with van der Waals surface area (Å²) in [5, 5.41) is 17.1. The Morgan fingerprint density at radius 1 is 1.12 bits per heavy atom. The van der Waals surface area contributed by atoms with Gasteiger partial charge in [0.15, 0.2) is 0 Å². The molecule has 2 heterocycles. The monoisotopic (exact) mass is 455 g/mol. The van der Waals surface area contributed by atoms with Crippen LogP contribution in [-0.2, 0) is 13.0 Å². The average molecular weight is 456 g/mol. The summed E-state index contributed by atoms with van der Waals surface area (Å²) >= 11 is 6.21. The Labute approximate surface area is 197 Å². The van der Waals surface area contributed by atoms with E-state index in [0.717, 1.165) is 33.9 Å². The number of carbonyl (C=O) groups excluding carboxylic acids is 1. The van der Waals surface area contributed by atoms with Gasteiger partial charge in [0.25, 0.3) is 5.91 Å². The first-order valence-electron chi connectivity index (χ1n) is 10.5. The van der Waals surface area contributed by atoms with Crippen LogP contribution in [-0.4, -0.2) is 20.7 Å². The van der Waals surface area contributed by atoms with Crippen molar-refractivity contribution in [1.82, 2.24) is 20.1 Å². The molecule has 1 N–H and O–H groups in total. The number of benzene rings is 2. The predicted octanol–water partition coefficient (Wildman–Crippen LogP) is 4.93. The van der Waals surface area contributed by atoms with Gasteiger partial charge in [-0.1, -0.05) is 29.8 Å². The fraction of sp³-hybridized carbons (Fsp3) is 0.154. The zero-order valence-corrected chi connectivity index (χ0v) is 19.1. The molecule has 4 aromatic rings. The molecule has 0 aliphatic carbocycles. The Kier molecular flexibility index (Phi) is 6.53. The van der Waals surface area contributed by atoms with Crippen LogP contribution in [0.3, 0.4) is 0 Å². The van der Waals surface area contributed by atoms with Crippen molar-refractivity contribution in [2.75, 3.05) is 0 Å². The van der Waals surface area contributed by atoms with Crippen LogP contribution in [0, 0.1) is 25.2 Å². The molecule has 0 unspecified atom stereocenters. The summed E-state index contributed by atoms with van der Waals surface area (Å²) in [7, 11) is 0. The number of carbonyl (C=O) groups is 1. The van der Waals surface area contributed by atoms with Crippen LogP contribution in [0.15, 0.2) is 66.9 Å². The summed E-state index contributed by atoms with van der Waals surface area (Å²) in [6.07, 6.45) is 2.40. The van der Waals surface area contributed by atoms with Crippen molar-refractivity contribution < 1.29 is 4.79 Å². The lowest BCUT2D eigenvalue weighted by atomic mass is 10.0. The summed E-state index contributed by atoms with van der Waals surface area (Å²) in [5.74, 6) is -0.134. The Morgan fingerprint density at radius 2 is 1.91 bits per heavy atom. The van der Waals surface area contributed by atoms with E-state index >= 15 is 0 Å². The van der Waals surface area contributed by atoms with E-state index < -0.39 is 0 Å². The Hall–Kier alpha value is -3.95. The summed E-state index contributed by atoms with van der Waals surface area (Å²) < 4.78 is 1.84. The maximum absolute atomic E-state index is 12.4. The topological polar surface area (TPSA) is 83.6 Å². The molecule has 0 spiro atoms. The van der Waals surface area contributed by atoms with Crippen molar-refractivity contribution in [3.05, 3.63) is 111 Å². The van der Waals surface area contributed by atoms with Crippen LogP contribution in [0.1, 0.15) is 44.1 Å². The Balaban J connectivity index is 1.48. The molecule has 0 saturated carbocycles. The highest BCUT2D eigenvalue weighted by molar-refractivity contribution is 6.31. The van der Waals surface area contributed by atoms with Gasteiger partial charge in [0.05, 0.1) is 34.2 Å². The van der Waals surface area contributed by atoms with Gasteiger partial charge in [0, 0.05) is 29.4 Å². The molecule has 0 aliphatic heterocycles. The normalized spacial score (nSPS) is 10.6. The lowest BCUT2D eigenvalue weighted by Crippen LogP contribution is -2.23. The smallest absolute Gasteiger partial charge is 0.251 e. The third-order valence-corrected chi connectivity index (χ3v) is 5.82. The molecule has 4 rings (SSSR count). The van der Waals surface area contributed by atoms with Gasteiger partial charge in [-0.15, -0.1) is 0 Å². The number of aryl methyl sites for hydroxylation is 1. The molecule has 0 aliphatic rings. The van der Waals surface area contributed by atoms with Gasteiger partial charge in [-0.05, 0) is 61.9 Å². The molecule has 0 radical (unpaired) electrons. The third kappa shape index (κ3) is 4.94. The fourth-order valence-corrected chi connectivity index (χ4v) is 3.88. The summed E-state index contributed by atoms with van der Waals surface area (Å²) in [4.78, 5) is 16.7. The van der Waals surface area contributed by atoms with Crippen LogP contribution in [0.2, 0.25) is 5.02 Å². The molecule has 0 bridgehead atoms. The van der Waals surface area contributed by atoms with Crippen molar-refractivity contribution in [2.24, 2.45) is 0 Å². The van der Waals surface area contributed by atoms with Crippen molar-refractivity contribution in [1.29, 1.82) is 5.26 Å². The van der Waals surface area contributed by atoms with Gasteiger partial charge >= 0.3 is 0 Å². The number of hydrogen-bond donors (Lipinski definition) is 1. The van der Waals surface area contributed by atoms with Gasteiger partial charge < -0.3 is 5.32 Å². The van der Waals surface area contributed by atoms with E-state index in [1.807, 2.05) is 67.1 Å². The summed E-state index contributed by atoms with van der Waals surface area (Å²) in [6.45, 7) is 4.38. The molecule has 0 saturated heterocycles. The van der Waals surface area contributed by atoms with Crippen molar-refractivity contribution in [3.8, 4) is 11.8 Å². The highest BCUT2D eigenvalue weighted by Crippen LogP contribution is 2.24. The zero-order valence-electron chi connectivity index (χ0n) is 18.3. The number of rotatable bonds is 6. The lowest BCUT2D eigenvalue weighted by Gasteiger charge is -2.08. The van der Waals surface area contributed by atoms with E-state index in [4.69, 9.17) is 16.9 Å². The molecule has 33 heavy (non-hydrogen) atoms.